The minimum atomic E-state index is -4.04. The molecule has 0 spiro atoms. The van der Waals surface area contributed by atoms with Crippen molar-refractivity contribution >= 4 is 50.8 Å². The fraction of sp³-hybridized carbons (Fsp3) is 0.259. The number of benzene rings is 3. The summed E-state index contributed by atoms with van der Waals surface area (Å²) in [6.07, 6.45) is -1.34. The van der Waals surface area contributed by atoms with E-state index in [0.29, 0.717) is 11.3 Å². The Hall–Kier alpha value is -2.95. The van der Waals surface area contributed by atoms with Crippen LogP contribution in [0.15, 0.2) is 65.6 Å². The van der Waals surface area contributed by atoms with Crippen LogP contribution in [0.25, 0.3) is 0 Å². The number of anilines is 1. The summed E-state index contributed by atoms with van der Waals surface area (Å²) in [6, 6.07) is 16.4. The molecule has 1 heterocycles. The van der Waals surface area contributed by atoms with Crippen molar-refractivity contribution in [1.29, 1.82) is 0 Å². The predicted octanol–water partition coefficient (Wildman–Crippen LogP) is 5.17. The number of hydrogen-bond donors (Lipinski definition) is 1. The summed E-state index contributed by atoms with van der Waals surface area (Å²) >= 11 is 12.5. The van der Waals surface area contributed by atoms with Gasteiger partial charge in [0.05, 0.1) is 28.8 Å². The lowest BCUT2D eigenvalue weighted by molar-refractivity contribution is -0.125. The van der Waals surface area contributed by atoms with Crippen LogP contribution in [0.3, 0.4) is 0 Å². The molecule has 8 nitrogen and oxygen atoms in total. The van der Waals surface area contributed by atoms with Gasteiger partial charge in [-0.05, 0) is 43.2 Å². The molecule has 1 aliphatic heterocycles. The van der Waals surface area contributed by atoms with Crippen molar-refractivity contribution < 1.29 is 27.5 Å². The predicted molar refractivity (Wildman–Crippen MR) is 145 cm³/mol. The average molecular weight is 577 g/mol. The molecule has 0 saturated carbocycles. The highest BCUT2D eigenvalue weighted by atomic mass is 35.5. The Morgan fingerprint density at radius 3 is 2.34 bits per heavy atom. The molecule has 1 atom stereocenters. The second kappa shape index (κ2) is 11.8. The molecule has 0 radical (unpaired) electrons. The second-order valence-electron chi connectivity index (χ2n) is 8.78. The number of hydrogen-bond acceptors (Lipinski definition) is 6. The molecule has 1 amide bonds. The van der Waals surface area contributed by atoms with Crippen LogP contribution < -0.4 is 5.32 Å². The van der Waals surface area contributed by atoms with E-state index in [2.05, 4.69) is 5.32 Å². The lowest BCUT2D eigenvalue weighted by Crippen LogP contribution is -2.40. The van der Waals surface area contributed by atoms with E-state index >= 15 is 0 Å². The van der Waals surface area contributed by atoms with Crippen LogP contribution in [-0.4, -0.2) is 50.9 Å². The third-order valence-corrected chi connectivity index (χ3v) is 8.72. The summed E-state index contributed by atoms with van der Waals surface area (Å²) in [6.45, 7) is 4.53. The Kier molecular flexibility index (Phi) is 8.74. The zero-order valence-corrected chi connectivity index (χ0v) is 23.1. The number of aryl methyl sites for hydroxylation is 2. The van der Waals surface area contributed by atoms with Gasteiger partial charge in [-0.3, -0.25) is 4.79 Å². The highest BCUT2D eigenvalue weighted by molar-refractivity contribution is 7.89. The Balaban J connectivity index is 1.66. The van der Waals surface area contributed by atoms with E-state index in [9.17, 15) is 18.0 Å². The molecule has 0 unspecified atom stereocenters. The fourth-order valence-electron chi connectivity index (χ4n) is 3.95. The van der Waals surface area contributed by atoms with Crippen molar-refractivity contribution in [2.24, 2.45) is 0 Å². The van der Waals surface area contributed by atoms with Crippen molar-refractivity contribution in [2.75, 3.05) is 31.6 Å². The molecule has 0 aromatic heterocycles. The maximum absolute atomic E-state index is 13.4. The van der Waals surface area contributed by atoms with E-state index in [1.165, 1.54) is 10.4 Å². The van der Waals surface area contributed by atoms with Gasteiger partial charge in [-0.25, -0.2) is 13.2 Å². The number of morpholine rings is 1. The van der Waals surface area contributed by atoms with Gasteiger partial charge in [0.1, 0.15) is 4.90 Å². The molecule has 4 rings (SSSR count). The summed E-state index contributed by atoms with van der Waals surface area (Å²) in [5.41, 5.74) is 2.55. The smallest absolute Gasteiger partial charge is 0.340 e. The van der Waals surface area contributed by atoms with Gasteiger partial charge in [0.15, 0.2) is 0 Å². The van der Waals surface area contributed by atoms with Gasteiger partial charge in [0.25, 0.3) is 5.91 Å². The van der Waals surface area contributed by atoms with E-state index in [4.69, 9.17) is 32.7 Å². The number of amides is 1. The SMILES string of the molecule is Cc1ccc(C)c(NC(=O)[C@H](OC(=O)c2cc(S(=O)(=O)N3CCOCC3)c(Cl)cc2Cl)c2ccccc2)c1. The first-order valence-corrected chi connectivity index (χ1v) is 14.0. The largest absolute Gasteiger partial charge is 0.444 e. The van der Waals surface area contributed by atoms with Crippen molar-refractivity contribution in [3.05, 3.63) is 93.0 Å². The van der Waals surface area contributed by atoms with Crippen LogP contribution in [0.1, 0.15) is 33.2 Å². The first-order valence-electron chi connectivity index (χ1n) is 11.8. The van der Waals surface area contributed by atoms with Crippen molar-refractivity contribution in [1.82, 2.24) is 4.31 Å². The Bertz CT molecular complexity index is 1460. The number of nitrogens with one attached hydrogen (secondary N) is 1. The van der Waals surface area contributed by atoms with Gasteiger partial charge < -0.3 is 14.8 Å². The van der Waals surface area contributed by atoms with E-state index in [0.717, 1.165) is 17.2 Å². The van der Waals surface area contributed by atoms with E-state index in [1.54, 1.807) is 30.3 Å². The molecule has 1 N–H and O–H groups in total. The Morgan fingerprint density at radius 1 is 0.974 bits per heavy atom. The van der Waals surface area contributed by atoms with Crippen molar-refractivity contribution in [3.8, 4) is 0 Å². The van der Waals surface area contributed by atoms with Gasteiger partial charge in [-0.1, -0.05) is 65.7 Å². The second-order valence-corrected chi connectivity index (χ2v) is 11.5. The number of carbonyl (C=O) groups is 2. The quantitative estimate of drug-likeness (QED) is 0.389. The highest BCUT2D eigenvalue weighted by Gasteiger charge is 2.32. The third kappa shape index (κ3) is 6.19. The maximum atomic E-state index is 13.4. The monoisotopic (exact) mass is 576 g/mol. The van der Waals surface area contributed by atoms with Gasteiger partial charge >= 0.3 is 5.97 Å². The van der Waals surface area contributed by atoms with E-state index in [-0.39, 0.29) is 46.8 Å². The minimum absolute atomic E-state index is 0.109. The summed E-state index contributed by atoms with van der Waals surface area (Å²) in [5.74, 6) is -1.56. The molecular formula is C27H26Cl2N2O6S. The molecule has 1 aliphatic rings. The van der Waals surface area contributed by atoms with Crippen LogP contribution in [0.4, 0.5) is 5.69 Å². The lowest BCUT2D eigenvalue weighted by atomic mass is 10.1. The Labute approximate surface area is 231 Å². The zero-order chi connectivity index (χ0) is 27.4. The van der Waals surface area contributed by atoms with E-state index in [1.807, 2.05) is 32.0 Å². The number of esters is 1. The third-order valence-electron chi connectivity index (χ3n) is 6.05. The van der Waals surface area contributed by atoms with E-state index < -0.39 is 28.0 Å². The lowest BCUT2D eigenvalue weighted by Gasteiger charge is -2.26. The number of sulfonamides is 1. The first-order chi connectivity index (χ1) is 18.1. The van der Waals surface area contributed by atoms with Crippen LogP contribution in [0.5, 0.6) is 0 Å². The zero-order valence-electron chi connectivity index (χ0n) is 20.7. The van der Waals surface area contributed by atoms with Crippen molar-refractivity contribution in [3.63, 3.8) is 0 Å². The normalized spacial score (nSPS) is 15.1. The summed E-state index contributed by atoms with van der Waals surface area (Å²) in [4.78, 5) is 26.4. The molecule has 1 fully saturated rings. The first kappa shape index (κ1) is 28.1. The average Bonchev–Trinajstić information content (AvgIpc) is 2.90. The number of nitrogens with zero attached hydrogens (tertiary/aromatic N) is 1. The molecule has 0 aliphatic carbocycles. The van der Waals surface area contributed by atoms with Crippen molar-refractivity contribution in [2.45, 2.75) is 24.8 Å². The number of rotatable bonds is 7. The fourth-order valence-corrected chi connectivity index (χ4v) is 6.18. The molecule has 3 aromatic carbocycles. The minimum Gasteiger partial charge on any atom is -0.444 e. The summed E-state index contributed by atoms with van der Waals surface area (Å²) in [5, 5.41) is 2.58. The van der Waals surface area contributed by atoms with Crippen LogP contribution in [-0.2, 0) is 24.3 Å². The van der Waals surface area contributed by atoms with Gasteiger partial charge in [0.2, 0.25) is 16.1 Å². The number of halogens is 2. The molecule has 3 aromatic rings. The molecule has 38 heavy (non-hydrogen) atoms. The number of carbonyl (C=O) groups excluding carboxylic acids is 2. The molecule has 11 heteroatoms. The highest BCUT2D eigenvalue weighted by Crippen LogP contribution is 2.33. The van der Waals surface area contributed by atoms with Gasteiger partial charge in [-0.2, -0.15) is 4.31 Å². The van der Waals surface area contributed by atoms with Crippen LogP contribution in [0, 0.1) is 13.8 Å². The summed E-state index contributed by atoms with van der Waals surface area (Å²) < 4.78 is 38.6. The van der Waals surface area contributed by atoms with Gasteiger partial charge in [-0.15, -0.1) is 0 Å². The molecule has 0 bridgehead atoms. The molecule has 200 valence electrons. The molecular weight excluding hydrogens is 551 g/mol. The summed E-state index contributed by atoms with van der Waals surface area (Å²) in [7, 11) is -4.04. The molecule has 1 saturated heterocycles. The van der Waals surface area contributed by atoms with Crippen LogP contribution in [0.2, 0.25) is 10.0 Å². The standard InChI is InChI=1S/C27H26Cl2N2O6S/c1-17-8-9-18(2)23(14-17)30-26(32)25(19-6-4-3-5-7-19)37-27(33)20-15-24(22(29)16-21(20)28)38(34,35)31-10-12-36-13-11-31/h3-9,14-16,25H,10-13H2,1-2H3,(H,30,32)/t25-/m1/s1. The van der Waals surface area contributed by atoms with Gasteiger partial charge in [0, 0.05) is 24.3 Å². The topological polar surface area (TPSA) is 102 Å². The Morgan fingerprint density at radius 2 is 1.66 bits per heavy atom. The number of ether oxygens (including phenoxy) is 2. The maximum Gasteiger partial charge on any atom is 0.340 e. The van der Waals surface area contributed by atoms with Crippen LogP contribution >= 0.6 is 23.2 Å².